The summed E-state index contributed by atoms with van der Waals surface area (Å²) in [4.78, 5) is 29.1. The van der Waals surface area contributed by atoms with Crippen LogP contribution in [0.4, 0.5) is 5.69 Å². The van der Waals surface area contributed by atoms with Gasteiger partial charge in [-0.05, 0) is 61.8 Å². The molecule has 5 nitrogen and oxygen atoms in total. The van der Waals surface area contributed by atoms with Gasteiger partial charge in [-0.15, -0.1) is 0 Å². The van der Waals surface area contributed by atoms with Crippen molar-refractivity contribution >= 4 is 46.9 Å². The van der Waals surface area contributed by atoms with Crippen LogP contribution in [0.15, 0.2) is 52.3 Å². The lowest BCUT2D eigenvalue weighted by Crippen LogP contribution is -2.40. The van der Waals surface area contributed by atoms with Gasteiger partial charge in [0.05, 0.1) is 10.6 Å². The van der Waals surface area contributed by atoms with Crippen LogP contribution >= 0.6 is 23.4 Å². The molecule has 0 saturated carbocycles. The van der Waals surface area contributed by atoms with E-state index in [1.54, 1.807) is 24.3 Å². The molecule has 7 heteroatoms. The van der Waals surface area contributed by atoms with Crippen LogP contribution in [-0.4, -0.2) is 42.4 Å². The topological polar surface area (TPSA) is 61.4 Å². The number of amides is 2. The van der Waals surface area contributed by atoms with Crippen LogP contribution in [0.3, 0.4) is 0 Å². The van der Waals surface area contributed by atoms with E-state index in [1.165, 1.54) is 18.2 Å². The van der Waals surface area contributed by atoms with Gasteiger partial charge >= 0.3 is 0 Å². The molecule has 1 atom stereocenters. The van der Waals surface area contributed by atoms with Gasteiger partial charge < -0.3 is 10.6 Å². The molecule has 2 aliphatic heterocycles. The highest BCUT2D eigenvalue weighted by Crippen LogP contribution is 2.39. The van der Waals surface area contributed by atoms with Crippen LogP contribution in [0.2, 0.25) is 5.02 Å². The van der Waals surface area contributed by atoms with E-state index in [2.05, 4.69) is 22.5 Å². The highest BCUT2D eigenvalue weighted by atomic mass is 35.5. The summed E-state index contributed by atoms with van der Waals surface area (Å²) < 4.78 is 0. The zero-order valence-corrected chi connectivity index (χ0v) is 18.4. The first kappa shape index (κ1) is 21.0. The largest absolute Gasteiger partial charge is 0.350 e. The van der Waals surface area contributed by atoms with Crippen molar-refractivity contribution in [1.82, 2.24) is 10.2 Å². The van der Waals surface area contributed by atoms with Gasteiger partial charge in [0, 0.05) is 28.1 Å². The van der Waals surface area contributed by atoms with Gasteiger partial charge in [-0.3, -0.25) is 14.5 Å². The van der Waals surface area contributed by atoms with Crippen LogP contribution in [0.5, 0.6) is 0 Å². The first-order chi connectivity index (χ1) is 14.5. The Morgan fingerprint density at radius 2 is 2.17 bits per heavy atom. The number of halogens is 1. The van der Waals surface area contributed by atoms with Crippen molar-refractivity contribution in [1.29, 1.82) is 0 Å². The normalized spacial score (nSPS) is 20.1. The summed E-state index contributed by atoms with van der Waals surface area (Å²) in [5.74, 6) is -0.313. The van der Waals surface area contributed by atoms with Crippen molar-refractivity contribution in [2.75, 3.05) is 25.0 Å². The standard InChI is InChI=1S/C23H24ClN3O2S/c1-2-27-11-5-7-17(27)14-25-22(28)16-9-10-20-19(12-16)26-23(29)21(30-20)13-15-6-3-4-8-18(15)24/h3-4,6,8-10,12-13,17H,2,5,7,11,14H2,1H3,(H,25,28)(H,26,29)/b21-13-. The van der Waals surface area contributed by atoms with Crippen LogP contribution in [0.25, 0.3) is 6.08 Å². The molecule has 2 aromatic rings. The second kappa shape index (κ2) is 9.25. The van der Waals surface area contributed by atoms with E-state index >= 15 is 0 Å². The molecule has 2 amide bonds. The second-order valence-electron chi connectivity index (χ2n) is 7.43. The Labute approximate surface area is 185 Å². The number of fused-ring (bicyclic) bond motifs is 1. The first-order valence-corrected chi connectivity index (χ1v) is 11.4. The predicted molar refractivity (Wildman–Crippen MR) is 123 cm³/mol. The summed E-state index contributed by atoms with van der Waals surface area (Å²) in [6.45, 7) is 4.91. The van der Waals surface area contributed by atoms with E-state index in [-0.39, 0.29) is 11.8 Å². The van der Waals surface area contributed by atoms with Crippen molar-refractivity contribution in [3.63, 3.8) is 0 Å². The fourth-order valence-corrected chi connectivity index (χ4v) is 5.00. The quantitative estimate of drug-likeness (QED) is 0.663. The fraction of sp³-hybridized carbons (Fsp3) is 0.304. The monoisotopic (exact) mass is 441 g/mol. The number of hydrogen-bond donors (Lipinski definition) is 2. The Hall–Kier alpha value is -2.28. The number of benzene rings is 2. The van der Waals surface area contributed by atoms with Gasteiger partial charge in [0.15, 0.2) is 0 Å². The maximum atomic E-state index is 12.6. The van der Waals surface area contributed by atoms with E-state index in [4.69, 9.17) is 11.6 Å². The van der Waals surface area contributed by atoms with Gasteiger partial charge in [-0.1, -0.05) is 48.5 Å². The number of carbonyl (C=O) groups excluding carboxylic acids is 2. The Kier molecular flexibility index (Phi) is 6.46. The molecule has 156 valence electrons. The highest BCUT2D eigenvalue weighted by Gasteiger charge is 2.25. The lowest BCUT2D eigenvalue weighted by molar-refractivity contribution is -0.112. The van der Waals surface area contributed by atoms with Crippen LogP contribution in [-0.2, 0) is 4.79 Å². The number of likely N-dealkylation sites (N-methyl/N-ethyl adjacent to an activating group) is 1. The molecule has 4 rings (SSSR count). The van der Waals surface area contributed by atoms with Gasteiger partial charge in [-0.2, -0.15) is 0 Å². The maximum Gasteiger partial charge on any atom is 0.262 e. The SMILES string of the molecule is CCN1CCCC1CNC(=O)c1ccc2c(c1)NC(=O)/C(=C/c1ccccc1Cl)S2. The average molecular weight is 442 g/mol. The van der Waals surface area contributed by atoms with Crippen molar-refractivity contribution < 1.29 is 9.59 Å². The lowest BCUT2D eigenvalue weighted by Gasteiger charge is -2.23. The molecular weight excluding hydrogens is 418 g/mol. The van der Waals surface area contributed by atoms with Crippen LogP contribution in [0.1, 0.15) is 35.7 Å². The number of nitrogens with zero attached hydrogens (tertiary/aromatic N) is 1. The van der Waals surface area contributed by atoms with E-state index in [1.807, 2.05) is 24.3 Å². The molecule has 2 N–H and O–H groups in total. The molecule has 1 saturated heterocycles. The number of nitrogens with one attached hydrogen (secondary N) is 2. The minimum Gasteiger partial charge on any atom is -0.350 e. The molecule has 0 aromatic heterocycles. The van der Waals surface area contributed by atoms with Gasteiger partial charge in [0.25, 0.3) is 11.8 Å². The molecule has 0 spiro atoms. The number of anilines is 1. The minimum absolute atomic E-state index is 0.114. The van der Waals surface area contributed by atoms with Gasteiger partial charge in [-0.25, -0.2) is 0 Å². The molecule has 2 aliphatic rings. The van der Waals surface area contributed by atoms with Crippen LogP contribution in [0, 0.1) is 0 Å². The third kappa shape index (κ3) is 4.56. The maximum absolute atomic E-state index is 12.6. The van der Waals surface area contributed by atoms with Crippen molar-refractivity contribution in [2.45, 2.75) is 30.7 Å². The molecule has 2 heterocycles. The highest BCUT2D eigenvalue weighted by molar-refractivity contribution is 8.04. The Balaban J connectivity index is 1.46. The van der Waals surface area contributed by atoms with Crippen molar-refractivity contribution in [2.24, 2.45) is 0 Å². The number of hydrogen-bond acceptors (Lipinski definition) is 4. The zero-order valence-electron chi connectivity index (χ0n) is 16.8. The summed E-state index contributed by atoms with van der Waals surface area (Å²) in [6, 6.07) is 13.2. The van der Waals surface area contributed by atoms with Crippen molar-refractivity contribution in [3.05, 3.63) is 63.5 Å². The molecule has 0 radical (unpaired) electrons. The lowest BCUT2D eigenvalue weighted by atomic mass is 10.1. The Bertz CT molecular complexity index is 1010. The minimum atomic E-state index is -0.200. The number of likely N-dealkylation sites (tertiary alicyclic amines) is 1. The number of rotatable bonds is 5. The van der Waals surface area contributed by atoms with E-state index in [0.717, 1.165) is 30.0 Å². The zero-order chi connectivity index (χ0) is 21.1. The molecule has 2 aromatic carbocycles. The number of carbonyl (C=O) groups is 2. The third-order valence-corrected chi connectivity index (χ3v) is 6.97. The molecule has 0 bridgehead atoms. The Morgan fingerprint density at radius 1 is 1.33 bits per heavy atom. The molecule has 1 unspecified atom stereocenters. The number of thioether (sulfide) groups is 1. The molecule has 30 heavy (non-hydrogen) atoms. The summed E-state index contributed by atoms with van der Waals surface area (Å²) in [6.07, 6.45) is 4.08. The van der Waals surface area contributed by atoms with E-state index in [9.17, 15) is 9.59 Å². The summed E-state index contributed by atoms with van der Waals surface area (Å²) >= 11 is 7.59. The van der Waals surface area contributed by atoms with Crippen LogP contribution < -0.4 is 10.6 Å². The summed E-state index contributed by atoms with van der Waals surface area (Å²) in [5.41, 5.74) is 2.00. The first-order valence-electron chi connectivity index (χ1n) is 10.2. The summed E-state index contributed by atoms with van der Waals surface area (Å²) in [7, 11) is 0. The summed E-state index contributed by atoms with van der Waals surface area (Å²) in [5, 5.41) is 6.54. The van der Waals surface area contributed by atoms with Crippen molar-refractivity contribution in [3.8, 4) is 0 Å². The molecule has 0 aliphatic carbocycles. The molecule has 1 fully saturated rings. The average Bonchev–Trinajstić information content (AvgIpc) is 3.21. The second-order valence-corrected chi connectivity index (χ2v) is 8.92. The van der Waals surface area contributed by atoms with Gasteiger partial charge in [0.1, 0.15) is 0 Å². The molecular formula is C23H24ClN3O2S. The van der Waals surface area contributed by atoms with E-state index < -0.39 is 0 Å². The van der Waals surface area contributed by atoms with E-state index in [0.29, 0.717) is 33.8 Å². The smallest absolute Gasteiger partial charge is 0.262 e. The predicted octanol–water partition coefficient (Wildman–Crippen LogP) is 4.64. The Morgan fingerprint density at radius 3 is 2.97 bits per heavy atom. The fourth-order valence-electron chi connectivity index (χ4n) is 3.89. The third-order valence-electron chi connectivity index (χ3n) is 5.53. The van der Waals surface area contributed by atoms with Gasteiger partial charge in [0.2, 0.25) is 0 Å².